The van der Waals surface area contributed by atoms with Gasteiger partial charge in [0.1, 0.15) is 4.92 Å². The van der Waals surface area contributed by atoms with Gasteiger partial charge in [-0.15, -0.1) is 0 Å². The van der Waals surface area contributed by atoms with Crippen molar-refractivity contribution >= 4 is 17.8 Å². The number of carbonyl (C=O) groups is 2. The van der Waals surface area contributed by atoms with Gasteiger partial charge in [0.25, 0.3) is 5.91 Å². The van der Waals surface area contributed by atoms with Gasteiger partial charge in [0.2, 0.25) is 5.76 Å². The molecular formula is C15H20N2O6. The predicted molar refractivity (Wildman–Crippen MR) is 79.8 cm³/mol. The van der Waals surface area contributed by atoms with E-state index in [4.69, 9.17) is 9.15 Å². The Morgan fingerprint density at radius 2 is 2.13 bits per heavy atom. The van der Waals surface area contributed by atoms with Crippen molar-refractivity contribution in [1.29, 1.82) is 0 Å². The molecule has 8 nitrogen and oxygen atoms in total. The van der Waals surface area contributed by atoms with Gasteiger partial charge in [0.15, 0.2) is 6.61 Å². The fourth-order valence-electron chi connectivity index (χ4n) is 2.77. The molecule has 0 unspecified atom stereocenters. The summed E-state index contributed by atoms with van der Waals surface area (Å²) in [7, 11) is 0. The van der Waals surface area contributed by atoms with E-state index in [2.05, 4.69) is 19.2 Å². The first-order valence-electron chi connectivity index (χ1n) is 7.59. The molecule has 1 saturated carbocycles. The van der Waals surface area contributed by atoms with Gasteiger partial charge in [-0.05, 0) is 24.3 Å². The van der Waals surface area contributed by atoms with Crippen LogP contribution >= 0.6 is 0 Å². The van der Waals surface area contributed by atoms with Gasteiger partial charge in [-0.2, -0.15) is 0 Å². The lowest BCUT2D eigenvalue weighted by atomic mass is 9.78. The maximum atomic E-state index is 11.9. The third-order valence-corrected chi connectivity index (χ3v) is 4.36. The molecule has 0 spiro atoms. The van der Waals surface area contributed by atoms with Crippen LogP contribution in [0.1, 0.15) is 43.7 Å². The second-order valence-corrected chi connectivity index (χ2v) is 5.91. The van der Waals surface area contributed by atoms with Crippen LogP contribution in [0.2, 0.25) is 0 Å². The SMILES string of the molecule is C[C@H]1[C@H](C)CCC[C@@H]1NC(=O)COC(=O)c1ccc([N+](=O)[O-])o1. The highest BCUT2D eigenvalue weighted by Crippen LogP contribution is 2.29. The molecule has 8 heteroatoms. The smallest absolute Gasteiger partial charge is 0.433 e. The highest BCUT2D eigenvalue weighted by Gasteiger charge is 2.28. The first kappa shape index (κ1) is 17.0. The number of nitro groups is 1. The zero-order chi connectivity index (χ0) is 17.0. The fraction of sp³-hybridized carbons (Fsp3) is 0.600. The summed E-state index contributed by atoms with van der Waals surface area (Å²) in [5, 5.41) is 13.4. The highest BCUT2D eigenvalue weighted by atomic mass is 16.7. The van der Waals surface area contributed by atoms with Crippen molar-refractivity contribution in [2.45, 2.75) is 39.2 Å². The monoisotopic (exact) mass is 324 g/mol. The minimum atomic E-state index is -0.904. The molecule has 2 rings (SSSR count). The lowest BCUT2D eigenvalue weighted by molar-refractivity contribution is -0.402. The Bertz CT molecular complexity index is 597. The van der Waals surface area contributed by atoms with Gasteiger partial charge < -0.3 is 14.5 Å². The number of furan rings is 1. The average molecular weight is 324 g/mol. The molecular weight excluding hydrogens is 304 g/mol. The van der Waals surface area contributed by atoms with E-state index in [0.29, 0.717) is 11.8 Å². The number of ether oxygens (including phenoxy) is 1. The molecule has 1 amide bonds. The molecule has 0 bridgehead atoms. The lowest BCUT2D eigenvalue weighted by Crippen LogP contribution is -2.45. The second-order valence-electron chi connectivity index (χ2n) is 5.91. The van der Waals surface area contributed by atoms with E-state index >= 15 is 0 Å². The fourth-order valence-corrected chi connectivity index (χ4v) is 2.77. The van der Waals surface area contributed by atoms with Crippen LogP contribution < -0.4 is 5.32 Å². The number of rotatable bonds is 5. The van der Waals surface area contributed by atoms with E-state index in [0.717, 1.165) is 31.4 Å². The Morgan fingerprint density at radius 1 is 1.39 bits per heavy atom. The Morgan fingerprint density at radius 3 is 2.78 bits per heavy atom. The molecule has 1 aliphatic carbocycles. The second kappa shape index (κ2) is 7.26. The van der Waals surface area contributed by atoms with Crippen LogP contribution in [0.4, 0.5) is 5.88 Å². The minimum Gasteiger partial charge on any atom is -0.450 e. The Hall–Kier alpha value is -2.38. The molecule has 23 heavy (non-hydrogen) atoms. The van der Waals surface area contributed by atoms with Crippen molar-refractivity contribution in [3.05, 3.63) is 28.0 Å². The Kier molecular flexibility index (Phi) is 5.36. The molecule has 1 aromatic heterocycles. The maximum absolute atomic E-state index is 11.9. The molecule has 1 aliphatic rings. The van der Waals surface area contributed by atoms with Gasteiger partial charge in [-0.3, -0.25) is 14.9 Å². The molecule has 3 atom stereocenters. The Balaban J connectivity index is 1.81. The summed E-state index contributed by atoms with van der Waals surface area (Å²) in [6, 6.07) is 2.28. The van der Waals surface area contributed by atoms with Crippen molar-refractivity contribution < 1.29 is 23.7 Å². The van der Waals surface area contributed by atoms with Crippen LogP contribution in [0.15, 0.2) is 16.5 Å². The zero-order valence-electron chi connectivity index (χ0n) is 13.1. The number of hydrogen-bond acceptors (Lipinski definition) is 6. The largest absolute Gasteiger partial charge is 0.450 e. The third-order valence-electron chi connectivity index (χ3n) is 4.36. The first-order valence-corrected chi connectivity index (χ1v) is 7.59. The van der Waals surface area contributed by atoms with Gasteiger partial charge in [0, 0.05) is 6.04 Å². The summed E-state index contributed by atoms with van der Waals surface area (Å²) in [5.74, 6) is -1.23. The summed E-state index contributed by atoms with van der Waals surface area (Å²) >= 11 is 0. The summed E-state index contributed by atoms with van der Waals surface area (Å²) in [5.41, 5.74) is 0. The van der Waals surface area contributed by atoms with E-state index in [1.54, 1.807) is 0 Å². The van der Waals surface area contributed by atoms with Crippen molar-refractivity contribution in [1.82, 2.24) is 5.32 Å². The van der Waals surface area contributed by atoms with E-state index in [1.807, 2.05) is 0 Å². The van der Waals surface area contributed by atoms with Crippen molar-refractivity contribution in [2.75, 3.05) is 6.61 Å². The maximum Gasteiger partial charge on any atom is 0.433 e. The van der Waals surface area contributed by atoms with E-state index in [9.17, 15) is 19.7 Å². The minimum absolute atomic E-state index is 0.0784. The normalized spacial score (nSPS) is 24.0. The number of carbonyl (C=O) groups excluding carboxylic acids is 2. The number of nitrogens with one attached hydrogen (secondary N) is 1. The van der Waals surface area contributed by atoms with Crippen LogP contribution in [0.3, 0.4) is 0 Å². The summed E-state index contributed by atoms with van der Waals surface area (Å²) in [4.78, 5) is 33.3. The molecule has 126 valence electrons. The standard InChI is InChI=1S/C15H20N2O6/c1-9-4-3-5-11(10(9)2)16-13(18)8-22-15(19)12-6-7-14(23-12)17(20)21/h6-7,9-11H,3-5,8H2,1-2H3,(H,16,18)/t9-,10+,11+/m1/s1. The van der Waals surface area contributed by atoms with Gasteiger partial charge in [-0.25, -0.2) is 4.79 Å². The first-order chi connectivity index (χ1) is 10.9. The molecule has 0 radical (unpaired) electrons. The Labute approximate surface area is 133 Å². The van der Waals surface area contributed by atoms with Gasteiger partial charge >= 0.3 is 11.9 Å². The number of amides is 1. The zero-order valence-corrected chi connectivity index (χ0v) is 13.1. The molecule has 0 saturated heterocycles. The molecule has 1 aromatic rings. The molecule has 0 aliphatic heterocycles. The third kappa shape index (κ3) is 4.30. The quantitative estimate of drug-likeness (QED) is 0.505. The number of esters is 1. The van der Waals surface area contributed by atoms with Crippen LogP contribution in [-0.4, -0.2) is 29.4 Å². The lowest BCUT2D eigenvalue weighted by Gasteiger charge is -2.34. The average Bonchev–Trinajstić information content (AvgIpc) is 3.00. The van der Waals surface area contributed by atoms with E-state index in [1.165, 1.54) is 0 Å². The van der Waals surface area contributed by atoms with Gasteiger partial charge in [0.05, 0.1) is 6.07 Å². The van der Waals surface area contributed by atoms with Gasteiger partial charge in [-0.1, -0.05) is 26.7 Å². The molecule has 0 aromatic carbocycles. The van der Waals surface area contributed by atoms with Crippen LogP contribution in [-0.2, 0) is 9.53 Å². The molecule has 1 heterocycles. The molecule has 1 fully saturated rings. The predicted octanol–water partition coefficient (Wildman–Crippen LogP) is 2.29. The van der Waals surface area contributed by atoms with Crippen molar-refractivity contribution in [3.63, 3.8) is 0 Å². The summed E-state index contributed by atoms with van der Waals surface area (Å²) in [6.45, 7) is 3.82. The van der Waals surface area contributed by atoms with E-state index in [-0.39, 0.29) is 17.7 Å². The number of hydrogen-bond donors (Lipinski definition) is 1. The highest BCUT2D eigenvalue weighted by molar-refractivity contribution is 5.89. The van der Waals surface area contributed by atoms with Crippen LogP contribution in [0.5, 0.6) is 0 Å². The van der Waals surface area contributed by atoms with Crippen molar-refractivity contribution in [3.8, 4) is 0 Å². The van der Waals surface area contributed by atoms with E-state index < -0.39 is 23.4 Å². The van der Waals surface area contributed by atoms with Crippen LogP contribution in [0.25, 0.3) is 0 Å². The van der Waals surface area contributed by atoms with Crippen LogP contribution in [0, 0.1) is 22.0 Å². The summed E-state index contributed by atoms with van der Waals surface area (Å²) < 4.78 is 9.53. The topological polar surface area (TPSA) is 112 Å². The summed E-state index contributed by atoms with van der Waals surface area (Å²) in [6.07, 6.45) is 3.13. The molecule has 1 N–H and O–H groups in total. The van der Waals surface area contributed by atoms with Crippen molar-refractivity contribution in [2.24, 2.45) is 11.8 Å². The number of nitrogens with zero attached hydrogens (tertiary/aromatic N) is 1.